The zero-order chi connectivity index (χ0) is 26.6. The molecule has 0 aliphatic carbocycles. The van der Waals surface area contributed by atoms with Crippen LogP contribution in [0.15, 0.2) is 72.8 Å². The first-order chi connectivity index (χ1) is 19.2. The zero-order valence-corrected chi connectivity index (χ0v) is 22.4. The molecular weight excluding hydrogens is 488 g/mol. The fourth-order valence-electron chi connectivity index (χ4n) is 6.07. The fourth-order valence-corrected chi connectivity index (χ4v) is 6.07. The van der Waals surface area contributed by atoms with Crippen molar-refractivity contribution in [2.24, 2.45) is 0 Å². The SMILES string of the molecule is O=C(c1cc(-c2ccccc2)nc(-c2ccccc2)c1)N1CCN(C2CCN(C(=O)[C@H]3CCCO3)CC2)CC1. The first kappa shape index (κ1) is 25.7. The Balaban J connectivity index is 1.11. The molecule has 2 aromatic carbocycles. The third-order valence-corrected chi connectivity index (χ3v) is 8.31. The lowest BCUT2D eigenvalue weighted by molar-refractivity contribution is -0.142. The number of rotatable bonds is 5. The molecule has 3 fully saturated rings. The molecule has 7 nitrogen and oxygen atoms in total. The predicted octanol–water partition coefficient (Wildman–Crippen LogP) is 4.34. The fraction of sp³-hybridized carbons (Fsp3) is 0.406. The van der Waals surface area contributed by atoms with E-state index in [0.717, 1.165) is 74.4 Å². The second kappa shape index (κ2) is 11.7. The number of amides is 2. The topological polar surface area (TPSA) is 66.0 Å². The molecule has 39 heavy (non-hydrogen) atoms. The minimum Gasteiger partial charge on any atom is -0.368 e. The molecule has 0 spiro atoms. The molecule has 3 aromatic rings. The monoisotopic (exact) mass is 524 g/mol. The van der Waals surface area contributed by atoms with Crippen LogP contribution in [-0.2, 0) is 9.53 Å². The Morgan fingerprint density at radius 1 is 0.718 bits per heavy atom. The zero-order valence-electron chi connectivity index (χ0n) is 22.4. The molecule has 4 heterocycles. The minimum absolute atomic E-state index is 0.0587. The highest BCUT2D eigenvalue weighted by molar-refractivity contribution is 5.96. The Bertz CT molecular complexity index is 1220. The van der Waals surface area contributed by atoms with Crippen molar-refractivity contribution in [3.8, 4) is 22.5 Å². The van der Waals surface area contributed by atoms with Gasteiger partial charge in [0.1, 0.15) is 6.10 Å². The highest BCUT2D eigenvalue weighted by Gasteiger charge is 2.34. The maximum Gasteiger partial charge on any atom is 0.254 e. The number of pyridine rings is 1. The van der Waals surface area contributed by atoms with E-state index in [0.29, 0.717) is 31.3 Å². The van der Waals surface area contributed by atoms with Crippen LogP contribution in [0.1, 0.15) is 36.0 Å². The van der Waals surface area contributed by atoms with Crippen molar-refractivity contribution in [2.75, 3.05) is 45.9 Å². The summed E-state index contributed by atoms with van der Waals surface area (Å²) in [6.45, 7) is 5.43. The average molecular weight is 525 g/mol. The van der Waals surface area contributed by atoms with Gasteiger partial charge in [-0.15, -0.1) is 0 Å². The molecule has 0 saturated carbocycles. The van der Waals surface area contributed by atoms with E-state index in [-0.39, 0.29) is 17.9 Å². The second-order valence-electron chi connectivity index (χ2n) is 10.7. The molecule has 1 atom stereocenters. The summed E-state index contributed by atoms with van der Waals surface area (Å²) in [5.41, 5.74) is 4.29. The smallest absolute Gasteiger partial charge is 0.254 e. The van der Waals surface area contributed by atoms with Gasteiger partial charge < -0.3 is 14.5 Å². The molecule has 6 rings (SSSR count). The first-order valence-corrected chi connectivity index (χ1v) is 14.2. The van der Waals surface area contributed by atoms with Crippen LogP contribution in [0.2, 0.25) is 0 Å². The van der Waals surface area contributed by atoms with Crippen LogP contribution in [0.4, 0.5) is 0 Å². The lowest BCUT2D eigenvalue weighted by Gasteiger charge is -2.43. The Morgan fingerprint density at radius 2 is 1.31 bits per heavy atom. The maximum absolute atomic E-state index is 13.7. The number of aromatic nitrogens is 1. The molecule has 2 amide bonds. The standard InChI is InChI=1S/C32H36N4O3/c37-31(26-22-28(24-8-3-1-4-9-24)33-29(23-26)25-10-5-2-6-11-25)36-19-17-34(18-20-36)27-13-15-35(16-14-27)32(38)30-12-7-21-39-30/h1-6,8-11,22-23,27,30H,7,12-21H2/t30-/m1/s1. The predicted molar refractivity (Wildman–Crippen MR) is 151 cm³/mol. The summed E-state index contributed by atoms with van der Waals surface area (Å²) in [5.74, 6) is 0.229. The van der Waals surface area contributed by atoms with Gasteiger partial charge in [0, 0.05) is 68.6 Å². The van der Waals surface area contributed by atoms with E-state index in [1.165, 1.54) is 0 Å². The van der Waals surface area contributed by atoms with Crippen LogP contribution in [-0.4, -0.2) is 89.5 Å². The molecule has 3 saturated heterocycles. The number of nitrogens with zero attached hydrogens (tertiary/aromatic N) is 4. The van der Waals surface area contributed by atoms with Gasteiger partial charge in [0.15, 0.2) is 0 Å². The molecule has 0 radical (unpaired) electrons. The van der Waals surface area contributed by atoms with Gasteiger partial charge in [0.2, 0.25) is 0 Å². The number of carbonyl (C=O) groups excluding carboxylic acids is 2. The molecule has 0 bridgehead atoms. The summed E-state index contributed by atoms with van der Waals surface area (Å²) in [4.78, 5) is 37.8. The summed E-state index contributed by atoms with van der Waals surface area (Å²) in [5, 5.41) is 0. The van der Waals surface area contributed by atoms with Crippen molar-refractivity contribution in [3.63, 3.8) is 0 Å². The van der Waals surface area contributed by atoms with E-state index in [1.807, 2.05) is 82.6 Å². The van der Waals surface area contributed by atoms with Crippen LogP contribution in [0.5, 0.6) is 0 Å². The number of hydrogen-bond donors (Lipinski definition) is 0. The van der Waals surface area contributed by atoms with Crippen LogP contribution in [0.3, 0.4) is 0 Å². The van der Waals surface area contributed by atoms with Gasteiger partial charge in [-0.1, -0.05) is 60.7 Å². The van der Waals surface area contributed by atoms with Gasteiger partial charge in [0.25, 0.3) is 11.8 Å². The van der Waals surface area contributed by atoms with Gasteiger partial charge in [-0.05, 0) is 37.8 Å². The summed E-state index contributed by atoms with van der Waals surface area (Å²) in [6.07, 6.45) is 3.58. The summed E-state index contributed by atoms with van der Waals surface area (Å²) in [6, 6.07) is 24.4. The highest BCUT2D eigenvalue weighted by atomic mass is 16.5. The number of ether oxygens (including phenoxy) is 1. The second-order valence-corrected chi connectivity index (χ2v) is 10.7. The number of carbonyl (C=O) groups is 2. The molecule has 3 aliphatic heterocycles. The molecule has 3 aliphatic rings. The van der Waals surface area contributed by atoms with Gasteiger partial charge in [-0.3, -0.25) is 14.5 Å². The van der Waals surface area contributed by atoms with Crippen molar-refractivity contribution < 1.29 is 14.3 Å². The van der Waals surface area contributed by atoms with E-state index in [1.54, 1.807) is 0 Å². The molecular formula is C32H36N4O3. The molecule has 0 unspecified atom stereocenters. The van der Waals surface area contributed by atoms with E-state index in [4.69, 9.17) is 9.72 Å². The van der Waals surface area contributed by atoms with Crippen LogP contribution < -0.4 is 0 Å². The third kappa shape index (κ3) is 5.75. The van der Waals surface area contributed by atoms with Gasteiger partial charge in [-0.25, -0.2) is 4.98 Å². The quantitative estimate of drug-likeness (QED) is 0.497. The summed E-state index contributed by atoms with van der Waals surface area (Å²) in [7, 11) is 0. The Morgan fingerprint density at radius 3 is 1.85 bits per heavy atom. The molecule has 1 aromatic heterocycles. The number of piperidine rings is 1. The Hall–Kier alpha value is -3.55. The van der Waals surface area contributed by atoms with E-state index in [9.17, 15) is 9.59 Å². The van der Waals surface area contributed by atoms with Gasteiger partial charge in [0.05, 0.1) is 11.4 Å². The number of likely N-dealkylation sites (tertiary alicyclic amines) is 1. The van der Waals surface area contributed by atoms with Gasteiger partial charge >= 0.3 is 0 Å². The normalized spacial score (nSPS) is 20.8. The van der Waals surface area contributed by atoms with Crippen molar-refractivity contribution in [1.29, 1.82) is 0 Å². The van der Waals surface area contributed by atoms with Crippen molar-refractivity contribution >= 4 is 11.8 Å². The van der Waals surface area contributed by atoms with E-state index in [2.05, 4.69) is 4.90 Å². The largest absolute Gasteiger partial charge is 0.368 e. The lowest BCUT2D eigenvalue weighted by atomic mass is 10.0. The Labute approximate surface area is 230 Å². The van der Waals surface area contributed by atoms with Gasteiger partial charge in [-0.2, -0.15) is 0 Å². The number of hydrogen-bond acceptors (Lipinski definition) is 5. The Kier molecular flexibility index (Phi) is 7.70. The lowest BCUT2D eigenvalue weighted by Crippen LogP contribution is -2.55. The number of benzene rings is 2. The molecule has 0 N–H and O–H groups in total. The van der Waals surface area contributed by atoms with Crippen molar-refractivity contribution in [1.82, 2.24) is 19.7 Å². The van der Waals surface area contributed by atoms with Crippen LogP contribution in [0.25, 0.3) is 22.5 Å². The van der Waals surface area contributed by atoms with Crippen molar-refractivity contribution in [2.45, 2.75) is 37.8 Å². The highest BCUT2D eigenvalue weighted by Crippen LogP contribution is 2.27. The van der Waals surface area contributed by atoms with E-state index >= 15 is 0 Å². The van der Waals surface area contributed by atoms with Crippen molar-refractivity contribution in [3.05, 3.63) is 78.4 Å². The molecule has 7 heteroatoms. The van der Waals surface area contributed by atoms with E-state index < -0.39 is 0 Å². The number of piperazine rings is 1. The maximum atomic E-state index is 13.7. The third-order valence-electron chi connectivity index (χ3n) is 8.31. The molecule has 202 valence electrons. The average Bonchev–Trinajstić information content (AvgIpc) is 3.56. The van der Waals surface area contributed by atoms with Crippen LogP contribution in [0, 0.1) is 0 Å². The van der Waals surface area contributed by atoms with Crippen LogP contribution >= 0.6 is 0 Å². The summed E-state index contributed by atoms with van der Waals surface area (Å²) >= 11 is 0. The first-order valence-electron chi connectivity index (χ1n) is 14.2. The minimum atomic E-state index is -0.228. The summed E-state index contributed by atoms with van der Waals surface area (Å²) < 4.78 is 5.60.